The lowest BCUT2D eigenvalue weighted by atomic mass is 10.1. The summed E-state index contributed by atoms with van der Waals surface area (Å²) < 4.78 is 28.4. The van der Waals surface area contributed by atoms with Gasteiger partial charge in [-0.2, -0.15) is 8.42 Å². The lowest BCUT2D eigenvalue weighted by Crippen LogP contribution is -2.29. The second-order valence-corrected chi connectivity index (χ2v) is 6.68. The van der Waals surface area contributed by atoms with E-state index in [0.29, 0.717) is 12.0 Å². The molecular formula is C12H25NO4S. The van der Waals surface area contributed by atoms with Crippen LogP contribution >= 0.6 is 0 Å². The molecule has 1 amide bonds. The Morgan fingerprint density at radius 2 is 1.78 bits per heavy atom. The van der Waals surface area contributed by atoms with Crippen LogP contribution in [0.3, 0.4) is 0 Å². The number of amides is 1. The lowest BCUT2D eigenvalue weighted by molar-refractivity contribution is -0.117. The predicted octanol–water partition coefficient (Wildman–Crippen LogP) is 2.15. The van der Waals surface area contributed by atoms with Crippen molar-refractivity contribution >= 4 is 16.0 Å². The van der Waals surface area contributed by atoms with Crippen LogP contribution < -0.4 is 5.32 Å². The lowest BCUT2D eigenvalue weighted by Gasteiger charge is -2.17. The van der Waals surface area contributed by atoms with Crippen LogP contribution in [0.2, 0.25) is 0 Å². The van der Waals surface area contributed by atoms with Crippen molar-refractivity contribution in [3.63, 3.8) is 0 Å². The van der Waals surface area contributed by atoms with Crippen molar-refractivity contribution in [2.75, 3.05) is 6.54 Å². The van der Waals surface area contributed by atoms with Crippen LogP contribution in [0.1, 0.15) is 47.5 Å². The van der Waals surface area contributed by atoms with E-state index in [1.165, 1.54) is 13.8 Å². The molecule has 0 bridgehead atoms. The number of hydrogen-bond acceptors (Lipinski definition) is 3. The van der Waals surface area contributed by atoms with E-state index in [1.807, 2.05) is 6.92 Å². The van der Waals surface area contributed by atoms with Crippen molar-refractivity contribution in [2.24, 2.45) is 0 Å². The summed E-state index contributed by atoms with van der Waals surface area (Å²) >= 11 is 0. The molecule has 0 aromatic carbocycles. The largest absolute Gasteiger partial charge is 0.352 e. The summed E-state index contributed by atoms with van der Waals surface area (Å²) in [5.74, 6) is -0.0446. The maximum absolute atomic E-state index is 10.7. The smallest absolute Gasteiger partial charge is 0.270 e. The van der Waals surface area contributed by atoms with E-state index in [0.717, 1.165) is 13.0 Å². The third kappa shape index (κ3) is 8.25. The highest BCUT2D eigenvalue weighted by molar-refractivity contribution is 7.87. The minimum Gasteiger partial charge on any atom is -0.352 e. The number of hydrogen-bond donors (Lipinski definition) is 2. The number of rotatable bonds is 5. The Morgan fingerprint density at radius 3 is 1.94 bits per heavy atom. The Labute approximate surface area is 110 Å². The molecule has 0 spiro atoms. The first-order valence-corrected chi connectivity index (χ1v) is 7.34. The summed E-state index contributed by atoms with van der Waals surface area (Å²) in [6, 6.07) is 0. The molecule has 6 heteroatoms. The van der Waals surface area contributed by atoms with E-state index in [9.17, 15) is 13.2 Å². The van der Waals surface area contributed by atoms with Crippen LogP contribution in [0.4, 0.5) is 0 Å². The Balaban J connectivity index is 0. The van der Waals surface area contributed by atoms with Gasteiger partial charge in [0.25, 0.3) is 10.1 Å². The first kappa shape index (κ1) is 19.5. The molecule has 0 aliphatic carbocycles. The SMILES string of the molecule is C=C(C)C(=O)NCCC.CCC(C)(C)S(=O)(=O)O. The standard InChI is InChI=1S/C7H13NO.C5H12O3S/c1-4-5-8-7(9)6(2)3;1-4-5(2,3)9(6,7)8/h2,4-5H2,1,3H3,(H,8,9);4H2,1-3H3,(H,6,7,8). The van der Waals surface area contributed by atoms with E-state index in [2.05, 4.69) is 11.9 Å². The van der Waals surface area contributed by atoms with Gasteiger partial charge in [0.15, 0.2) is 0 Å². The third-order valence-corrected chi connectivity index (χ3v) is 4.16. The summed E-state index contributed by atoms with van der Waals surface area (Å²) in [5.41, 5.74) is 0.573. The van der Waals surface area contributed by atoms with Gasteiger partial charge in [-0.1, -0.05) is 20.4 Å². The molecule has 0 unspecified atom stereocenters. The van der Waals surface area contributed by atoms with Crippen LogP contribution in [0.15, 0.2) is 12.2 Å². The molecule has 0 aliphatic heterocycles. The van der Waals surface area contributed by atoms with Gasteiger partial charge in [0.05, 0.1) is 4.75 Å². The van der Waals surface area contributed by atoms with Crippen LogP contribution in [0.25, 0.3) is 0 Å². The van der Waals surface area contributed by atoms with Crippen molar-refractivity contribution in [3.05, 3.63) is 12.2 Å². The van der Waals surface area contributed by atoms with Gasteiger partial charge in [-0.05, 0) is 33.6 Å². The summed E-state index contributed by atoms with van der Waals surface area (Å²) in [4.78, 5) is 10.7. The van der Waals surface area contributed by atoms with Gasteiger partial charge in [-0.15, -0.1) is 0 Å². The van der Waals surface area contributed by atoms with Crippen molar-refractivity contribution in [1.29, 1.82) is 0 Å². The molecule has 0 fully saturated rings. The normalized spacial score (nSPS) is 11.2. The maximum atomic E-state index is 10.7. The van der Waals surface area contributed by atoms with Gasteiger partial charge in [-0.3, -0.25) is 9.35 Å². The van der Waals surface area contributed by atoms with Gasteiger partial charge in [-0.25, -0.2) is 0 Å². The average molecular weight is 279 g/mol. The summed E-state index contributed by atoms with van der Waals surface area (Å²) in [7, 11) is -3.85. The fourth-order valence-electron chi connectivity index (χ4n) is 0.572. The first-order chi connectivity index (χ1) is 7.99. The molecule has 5 nitrogen and oxygen atoms in total. The molecule has 0 rings (SSSR count). The van der Waals surface area contributed by atoms with Gasteiger partial charge in [0.1, 0.15) is 0 Å². The second kappa shape index (κ2) is 8.26. The minimum atomic E-state index is -3.85. The maximum Gasteiger partial charge on any atom is 0.270 e. The van der Waals surface area contributed by atoms with Crippen LogP contribution in [0, 0.1) is 0 Å². The molecule has 0 radical (unpaired) electrons. The molecule has 18 heavy (non-hydrogen) atoms. The van der Waals surface area contributed by atoms with Crippen molar-refractivity contribution in [3.8, 4) is 0 Å². The van der Waals surface area contributed by atoms with Crippen molar-refractivity contribution < 1.29 is 17.8 Å². The number of carbonyl (C=O) groups excluding carboxylic acids is 1. The Morgan fingerprint density at radius 1 is 1.33 bits per heavy atom. The van der Waals surface area contributed by atoms with E-state index in [1.54, 1.807) is 13.8 Å². The van der Waals surface area contributed by atoms with Crippen molar-refractivity contribution in [2.45, 2.75) is 52.2 Å². The van der Waals surface area contributed by atoms with Crippen molar-refractivity contribution in [1.82, 2.24) is 5.32 Å². The molecule has 0 saturated heterocycles. The van der Waals surface area contributed by atoms with Gasteiger partial charge in [0, 0.05) is 12.1 Å². The molecule has 0 aromatic heterocycles. The van der Waals surface area contributed by atoms with E-state index >= 15 is 0 Å². The second-order valence-electron chi connectivity index (χ2n) is 4.62. The zero-order chi connectivity index (χ0) is 15.0. The average Bonchev–Trinajstić information content (AvgIpc) is 2.24. The molecule has 2 N–H and O–H groups in total. The number of nitrogens with one attached hydrogen (secondary N) is 1. The van der Waals surface area contributed by atoms with Gasteiger partial charge in [0.2, 0.25) is 5.91 Å². The van der Waals surface area contributed by atoms with E-state index in [-0.39, 0.29) is 5.91 Å². The molecule has 108 valence electrons. The molecule has 0 saturated carbocycles. The summed E-state index contributed by atoms with van der Waals surface area (Å²) in [5, 5.41) is 2.69. The topological polar surface area (TPSA) is 83.5 Å². The molecule has 0 heterocycles. The van der Waals surface area contributed by atoms with Crippen LogP contribution in [-0.2, 0) is 14.9 Å². The van der Waals surface area contributed by atoms with E-state index in [4.69, 9.17) is 4.55 Å². The number of carbonyl (C=O) groups is 1. The van der Waals surface area contributed by atoms with Crippen LogP contribution in [0.5, 0.6) is 0 Å². The highest BCUT2D eigenvalue weighted by Gasteiger charge is 2.29. The molecule has 0 aliphatic rings. The fourth-order valence-corrected chi connectivity index (χ4v) is 0.937. The zero-order valence-electron chi connectivity index (χ0n) is 11.9. The summed E-state index contributed by atoms with van der Waals surface area (Å²) in [6.07, 6.45) is 1.39. The zero-order valence-corrected chi connectivity index (χ0v) is 12.7. The highest BCUT2D eigenvalue weighted by atomic mass is 32.2. The van der Waals surface area contributed by atoms with E-state index < -0.39 is 14.9 Å². The summed E-state index contributed by atoms with van der Waals surface area (Å²) in [6.45, 7) is 12.6. The predicted molar refractivity (Wildman–Crippen MR) is 74.0 cm³/mol. The quantitative estimate of drug-likeness (QED) is 0.596. The monoisotopic (exact) mass is 279 g/mol. The molecular weight excluding hydrogens is 254 g/mol. The first-order valence-electron chi connectivity index (χ1n) is 5.90. The molecule has 0 atom stereocenters. The van der Waals surface area contributed by atoms with Crippen LogP contribution in [-0.4, -0.2) is 30.2 Å². The van der Waals surface area contributed by atoms with Gasteiger partial charge >= 0.3 is 0 Å². The Bertz CT molecular complexity index is 372. The Kier molecular flexibility index (Phi) is 8.93. The third-order valence-electron chi connectivity index (χ3n) is 2.47. The van der Waals surface area contributed by atoms with Gasteiger partial charge < -0.3 is 5.32 Å². The fraction of sp³-hybridized carbons (Fsp3) is 0.750. The highest BCUT2D eigenvalue weighted by Crippen LogP contribution is 2.17. The molecule has 0 aromatic rings. The Hall–Kier alpha value is -0.880. The minimum absolute atomic E-state index is 0.0446.